The molecule has 2 aromatic heterocycles. The number of nitrogens with zero attached hydrogens (tertiary/aromatic N) is 2. The SMILES string of the molecule is CC(=O)Nc1nc(CSc2sc(N)nc2C)cs1. The summed E-state index contributed by atoms with van der Waals surface area (Å²) in [4.78, 5) is 19.4. The second kappa shape index (κ2) is 5.68. The fraction of sp³-hybridized carbons (Fsp3) is 0.300. The molecule has 3 N–H and O–H groups in total. The van der Waals surface area contributed by atoms with Crippen LogP contribution in [0.15, 0.2) is 9.59 Å². The Morgan fingerprint density at radius 2 is 2.33 bits per heavy atom. The highest BCUT2D eigenvalue weighted by molar-refractivity contribution is 8.00. The highest BCUT2D eigenvalue weighted by Gasteiger charge is 2.08. The van der Waals surface area contributed by atoms with E-state index < -0.39 is 0 Å². The second-order valence-corrected chi connectivity index (χ2v) is 6.67. The van der Waals surface area contributed by atoms with Gasteiger partial charge in [-0.2, -0.15) is 0 Å². The highest BCUT2D eigenvalue weighted by Crippen LogP contribution is 2.33. The van der Waals surface area contributed by atoms with E-state index in [1.165, 1.54) is 29.6 Å². The van der Waals surface area contributed by atoms with Crippen molar-refractivity contribution in [3.8, 4) is 0 Å². The van der Waals surface area contributed by atoms with Gasteiger partial charge in [0.05, 0.1) is 15.6 Å². The van der Waals surface area contributed by atoms with E-state index in [1.54, 1.807) is 11.8 Å². The standard InChI is InChI=1S/C10H12N4OS3/c1-5-8(18-9(11)12-5)16-3-7-4-17-10(14-7)13-6(2)15/h4H,3H2,1-2H3,(H2,11,12)(H,13,14,15). The van der Waals surface area contributed by atoms with Crippen molar-refractivity contribution >= 4 is 50.6 Å². The van der Waals surface area contributed by atoms with Gasteiger partial charge in [-0.05, 0) is 6.92 Å². The van der Waals surface area contributed by atoms with Crippen LogP contribution in [0.5, 0.6) is 0 Å². The molecule has 0 saturated heterocycles. The smallest absolute Gasteiger partial charge is 0.223 e. The van der Waals surface area contributed by atoms with Gasteiger partial charge >= 0.3 is 0 Å². The van der Waals surface area contributed by atoms with E-state index in [0.29, 0.717) is 10.3 Å². The van der Waals surface area contributed by atoms with E-state index in [9.17, 15) is 4.79 Å². The molecule has 0 unspecified atom stereocenters. The van der Waals surface area contributed by atoms with Crippen LogP contribution in [0.2, 0.25) is 0 Å². The number of anilines is 2. The number of carbonyl (C=O) groups is 1. The van der Waals surface area contributed by atoms with E-state index in [0.717, 1.165) is 21.3 Å². The summed E-state index contributed by atoms with van der Waals surface area (Å²) in [5, 5.41) is 5.84. The number of aromatic nitrogens is 2. The highest BCUT2D eigenvalue weighted by atomic mass is 32.2. The Kier molecular flexibility index (Phi) is 4.20. The zero-order chi connectivity index (χ0) is 13.1. The molecule has 0 saturated carbocycles. The first-order chi connectivity index (χ1) is 8.54. The third kappa shape index (κ3) is 3.44. The molecule has 0 spiro atoms. The van der Waals surface area contributed by atoms with Crippen molar-refractivity contribution in [2.24, 2.45) is 0 Å². The number of rotatable bonds is 4. The number of nitrogens with one attached hydrogen (secondary N) is 1. The minimum atomic E-state index is -0.102. The topological polar surface area (TPSA) is 80.9 Å². The molecule has 0 fully saturated rings. The van der Waals surface area contributed by atoms with Crippen LogP contribution in [0.1, 0.15) is 18.3 Å². The zero-order valence-corrected chi connectivity index (χ0v) is 12.3. The minimum absolute atomic E-state index is 0.102. The fourth-order valence-electron chi connectivity index (χ4n) is 1.26. The fourth-order valence-corrected chi connectivity index (χ4v) is 4.03. The van der Waals surface area contributed by atoms with E-state index in [1.807, 2.05) is 12.3 Å². The molecule has 0 radical (unpaired) electrons. The Morgan fingerprint density at radius 3 is 2.94 bits per heavy atom. The molecule has 5 nitrogen and oxygen atoms in total. The number of hydrogen-bond acceptors (Lipinski definition) is 7. The lowest BCUT2D eigenvalue weighted by Crippen LogP contribution is -2.05. The van der Waals surface area contributed by atoms with E-state index >= 15 is 0 Å². The minimum Gasteiger partial charge on any atom is -0.375 e. The third-order valence-corrected chi connectivity index (χ3v) is 5.15. The van der Waals surface area contributed by atoms with Crippen molar-refractivity contribution in [1.82, 2.24) is 9.97 Å². The van der Waals surface area contributed by atoms with Gasteiger partial charge in [-0.25, -0.2) is 9.97 Å². The maximum Gasteiger partial charge on any atom is 0.223 e. The van der Waals surface area contributed by atoms with Gasteiger partial charge in [-0.15, -0.1) is 23.1 Å². The van der Waals surface area contributed by atoms with Crippen molar-refractivity contribution in [3.05, 3.63) is 16.8 Å². The Labute approximate surface area is 117 Å². The summed E-state index contributed by atoms with van der Waals surface area (Å²) in [6.45, 7) is 3.41. The summed E-state index contributed by atoms with van der Waals surface area (Å²) in [5.74, 6) is 0.646. The third-order valence-electron chi connectivity index (χ3n) is 1.96. The molecule has 1 amide bonds. The van der Waals surface area contributed by atoms with Crippen LogP contribution in [0.3, 0.4) is 0 Å². The Balaban J connectivity index is 1.96. The lowest BCUT2D eigenvalue weighted by molar-refractivity contribution is -0.114. The molecule has 0 atom stereocenters. The molecule has 18 heavy (non-hydrogen) atoms. The van der Waals surface area contributed by atoms with Gasteiger partial charge in [0, 0.05) is 18.1 Å². The average molecular weight is 300 g/mol. The van der Waals surface area contributed by atoms with Gasteiger partial charge in [-0.1, -0.05) is 11.3 Å². The van der Waals surface area contributed by atoms with Crippen molar-refractivity contribution in [1.29, 1.82) is 0 Å². The molecule has 96 valence electrons. The monoisotopic (exact) mass is 300 g/mol. The van der Waals surface area contributed by atoms with Crippen LogP contribution >= 0.6 is 34.4 Å². The van der Waals surface area contributed by atoms with Crippen molar-refractivity contribution < 1.29 is 4.79 Å². The van der Waals surface area contributed by atoms with Crippen LogP contribution < -0.4 is 11.1 Å². The molecule has 0 aliphatic heterocycles. The molecular formula is C10H12N4OS3. The predicted octanol–water partition coefficient (Wildman–Crippen LogP) is 2.74. The van der Waals surface area contributed by atoms with Gasteiger partial charge in [-0.3, -0.25) is 4.79 Å². The number of aryl methyl sites for hydroxylation is 1. The van der Waals surface area contributed by atoms with Crippen LogP contribution in [-0.4, -0.2) is 15.9 Å². The van der Waals surface area contributed by atoms with Gasteiger partial charge in [0.25, 0.3) is 0 Å². The van der Waals surface area contributed by atoms with Crippen LogP contribution in [0.25, 0.3) is 0 Å². The van der Waals surface area contributed by atoms with Crippen LogP contribution in [0, 0.1) is 6.92 Å². The van der Waals surface area contributed by atoms with Crippen molar-refractivity contribution in [2.45, 2.75) is 23.8 Å². The van der Waals surface area contributed by atoms with E-state index in [4.69, 9.17) is 5.73 Å². The van der Waals surface area contributed by atoms with E-state index in [2.05, 4.69) is 15.3 Å². The van der Waals surface area contributed by atoms with Gasteiger partial charge in [0.15, 0.2) is 10.3 Å². The summed E-state index contributed by atoms with van der Waals surface area (Å²) >= 11 is 4.58. The predicted molar refractivity (Wildman–Crippen MR) is 77.2 cm³/mol. The molecule has 0 aromatic carbocycles. The Hall–Kier alpha value is -1.12. The summed E-state index contributed by atoms with van der Waals surface area (Å²) in [6.07, 6.45) is 0. The quantitative estimate of drug-likeness (QED) is 0.849. The van der Waals surface area contributed by atoms with Crippen LogP contribution in [0.4, 0.5) is 10.3 Å². The maximum absolute atomic E-state index is 10.9. The van der Waals surface area contributed by atoms with E-state index in [-0.39, 0.29) is 5.91 Å². The number of carbonyl (C=O) groups excluding carboxylic acids is 1. The summed E-state index contributed by atoms with van der Waals surface area (Å²) < 4.78 is 1.11. The Bertz CT molecular complexity index is 563. The largest absolute Gasteiger partial charge is 0.375 e. The number of thiazole rings is 2. The van der Waals surface area contributed by atoms with Gasteiger partial charge in [0.1, 0.15) is 0 Å². The van der Waals surface area contributed by atoms with Gasteiger partial charge in [0.2, 0.25) is 5.91 Å². The number of amides is 1. The van der Waals surface area contributed by atoms with Crippen LogP contribution in [-0.2, 0) is 10.5 Å². The molecule has 2 rings (SSSR count). The summed E-state index contributed by atoms with van der Waals surface area (Å²) in [6, 6.07) is 0. The summed E-state index contributed by atoms with van der Waals surface area (Å²) in [5.41, 5.74) is 7.54. The average Bonchev–Trinajstić information content (AvgIpc) is 2.82. The number of nitrogens with two attached hydrogens (primary N) is 1. The molecule has 0 aliphatic carbocycles. The first-order valence-corrected chi connectivity index (χ1v) is 7.80. The lowest BCUT2D eigenvalue weighted by Gasteiger charge is -1.96. The van der Waals surface area contributed by atoms with Crippen molar-refractivity contribution in [2.75, 3.05) is 11.1 Å². The van der Waals surface area contributed by atoms with Gasteiger partial charge < -0.3 is 11.1 Å². The molecule has 2 heterocycles. The molecule has 0 aliphatic rings. The number of thioether (sulfide) groups is 1. The number of hydrogen-bond donors (Lipinski definition) is 2. The molecular weight excluding hydrogens is 288 g/mol. The molecule has 8 heteroatoms. The van der Waals surface area contributed by atoms with Crippen molar-refractivity contribution in [3.63, 3.8) is 0 Å². The Morgan fingerprint density at radius 1 is 1.56 bits per heavy atom. The normalized spacial score (nSPS) is 10.6. The first kappa shape index (κ1) is 13.3. The second-order valence-electron chi connectivity index (χ2n) is 3.54. The lowest BCUT2D eigenvalue weighted by atomic mass is 10.6. The maximum atomic E-state index is 10.9. The number of nitrogen functional groups attached to an aromatic ring is 1. The zero-order valence-electron chi connectivity index (χ0n) is 9.89. The molecule has 0 bridgehead atoms. The molecule has 2 aromatic rings. The summed E-state index contributed by atoms with van der Waals surface area (Å²) in [7, 11) is 0. The first-order valence-electron chi connectivity index (χ1n) is 5.12.